The van der Waals surface area contributed by atoms with Crippen LogP contribution < -0.4 is 10.5 Å². The van der Waals surface area contributed by atoms with Gasteiger partial charge in [0.1, 0.15) is 0 Å². The van der Waals surface area contributed by atoms with Gasteiger partial charge in [0.15, 0.2) is 16.7 Å². The lowest BCUT2D eigenvalue weighted by molar-refractivity contribution is 0.386. The van der Waals surface area contributed by atoms with Crippen LogP contribution in [-0.2, 0) is 5.75 Å². The summed E-state index contributed by atoms with van der Waals surface area (Å²) in [7, 11) is 1.45. The molecule has 1 rings (SSSR count). The molecule has 0 aliphatic rings. The molecule has 0 fully saturated rings. The zero-order valence-corrected chi connectivity index (χ0v) is 12.0. The van der Waals surface area contributed by atoms with Crippen LogP contribution in [0.1, 0.15) is 26.3 Å². The second kappa shape index (κ2) is 6.09. The number of amidine groups is 1. The highest BCUT2D eigenvalue weighted by molar-refractivity contribution is 8.13. The van der Waals surface area contributed by atoms with E-state index in [0.29, 0.717) is 10.9 Å². The first-order valence-electron chi connectivity index (χ1n) is 5.62. The highest BCUT2D eigenvalue weighted by Gasteiger charge is 2.09. The largest absolute Gasteiger partial charge is 0.494 e. The van der Waals surface area contributed by atoms with Gasteiger partial charge in [-0.05, 0) is 38.5 Å². The van der Waals surface area contributed by atoms with Crippen LogP contribution in [0.4, 0.5) is 4.39 Å². The predicted octanol–water partition coefficient (Wildman–Crippen LogP) is 3.18. The second-order valence-corrected chi connectivity index (χ2v) is 5.87. The highest BCUT2D eigenvalue weighted by Crippen LogP contribution is 2.21. The van der Waals surface area contributed by atoms with Crippen molar-refractivity contribution in [2.45, 2.75) is 32.1 Å². The third-order valence-corrected chi connectivity index (χ3v) is 2.91. The third-order valence-electron chi connectivity index (χ3n) is 2.05. The van der Waals surface area contributed by atoms with Crippen molar-refractivity contribution < 1.29 is 9.13 Å². The summed E-state index contributed by atoms with van der Waals surface area (Å²) in [5, 5.41) is 0.513. The van der Waals surface area contributed by atoms with E-state index in [4.69, 9.17) is 10.5 Å². The van der Waals surface area contributed by atoms with Crippen molar-refractivity contribution in [2.75, 3.05) is 7.11 Å². The van der Waals surface area contributed by atoms with Gasteiger partial charge in [-0.2, -0.15) is 0 Å². The molecule has 0 aromatic heterocycles. The van der Waals surface area contributed by atoms with Crippen LogP contribution in [0, 0.1) is 5.82 Å². The molecule has 100 valence electrons. The smallest absolute Gasteiger partial charge is 0.165 e. The summed E-state index contributed by atoms with van der Waals surface area (Å²) in [4.78, 5) is 4.32. The van der Waals surface area contributed by atoms with Gasteiger partial charge < -0.3 is 10.5 Å². The number of benzene rings is 1. The van der Waals surface area contributed by atoms with Crippen molar-refractivity contribution >= 4 is 16.9 Å². The third kappa shape index (κ3) is 4.96. The summed E-state index contributed by atoms with van der Waals surface area (Å²) >= 11 is 1.40. The van der Waals surface area contributed by atoms with Crippen molar-refractivity contribution in [3.63, 3.8) is 0 Å². The predicted molar refractivity (Wildman–Crippen MR) is 75.6 cm³/mol. The molecule has 5 heteroatoms. The van der Waals surface area contributed by atoms with Gasteiger partial charge >= 0.3 is 0 Å². The molecule has 18 heavy (non-hydrogen) atoms. The maximum Gasteiger partial charge on any atom is 0.165 e. The molecule has 0 spiro atoms. The van der Waals surface area contributed by atoms with Gasteiger partial charge in [-0.1, -0.05) is 17.8 Å². The van der Waals surface area contributed by atoms with E-state index < -0.39 is 0 Å². The Labute approximate surface area is 112 Å². The summed E-state index contributed by atoms with van der Waals surface area (Å²) in [6.45, 7) is 5.94. The Morgan fingerprint density at radius 1 is 1.44 bits per heavy atom. The number of hydrogen-bond acceptors (Lipinski definition) is 3. The molecular formula is C13H19FN2OS. The standard InChI is InChI=1S/C13H19FN2OS/c1-13(2,3)16-12(15)18-8-9-5-6-11(17-4)10(14)7-9/h5-7H,8H2,1-4H3,(H2,15,16). The lowest BCUT2D eigenvalue weighted by Crippen LogP contribution is -2.17. The molecule has 0 unspecified atom stereocenters. The molecule has 0 aliphatic heterocycles. The van der Waals surface area contributed by atoms with Gasteiger partial charge in [0.2, 0.25) is 0 Å². The number of halogens is 1. The molecule has 0 atom stereocenters. The summed E-state index contributed by atoms with van der Waals surface area (Å²) in [5.41, 5.74) is 6.46. The average molecular weight is 270 g/mol. The molecular weight excluding hydrogens is 251 g/mol. The van der Waals surface area contributed by atoms with E-state index in [0.717, 1.165) is 5.56 Å². The quantitative estimate of drug-likeness (QED) is 0.678. The first kappa shape index (κ1) is 14.8. The van der Waals surface area contributed by atoms with Crippen molar-refractivity contribution in [3.8, 4) is 5.75 Å². The van der Waals surface area contributed by atoms with E-state index in [1.54, 1.807) is 6.07 Å². The average Bonchev–Trinajstić information content (AvgIpc) is 2.24. The van der Waals surface area contributed by atoms with E-state index in [1.807, 2.05) is 26.8 Å². The molecule has 0 heterocycles. The van der Waals surface area contributed by atoms with E-state index in [9.17, 15) is 4.39 Å². The van der Waals surface area contributed by atoms with Gasteiger partial charge in [-0.25, -0.2) is 4.39 Å². The van der Waals surface area contributed by atoms with Crippen LogP contribution in [0.2, 0.25) is 0 Å². The molecule has 0 radical (unpaired) electrons. The SMILES string of the molecule is COc1ccc(CSC(N)=NC(C)(C)C)cc1F. The van der Waals surface area contributed by atoms with E-state index in [2.05, 4.69) is 4.99 Å². The number of nitrogens with two attached hydrogens (primary N) is 1. The summed E-state index contributed by atoms with van der Waals surface area (Å²) in [6.07, 6.45) is 0. The number of thioether (sulfide) groups is 1. The Balaban J connectivity index is 2.64. The van der Waals surface area contributed by atoms with Crippen molar-refractivity contribution in [1.82, 2.24) is 0 Å². The molecule has 1 aromatic carbocycles. The van der Waals surface area contributed by atoms with E-state index in [1.165, 1.54) is 24.9 Å². The molecule has 1 aromatic rings. The van der Waals surface area contributed by atoms with Crippen molar-refractivity contribution in [2.24, 2.45) is 10.7 Å². The van der Waals surface area contributed by atoms with Gasteiger partial charge in [0.05, 0.1) is 12.6 Å². The maximum atomic E-state index is 13.5. The van der Waals surface area contributed by atoms with E-state index >= 15 is 0 Å². The topological polar surface area (TPSA) is 47.6 Å². The molecule has 0 aliphatic carbocycles. The molecule has 3 nitrogen and oxygen atoms in total. The van der Waals surface area contributed by atoms with Crippen molar-refractivity contribution in [1.29, 1.82) is 0 Å². The molecule has 2 N–H and O–H groups in total. The number of rotatable bonds is 3. The first-order valence-corrected chi connectivity index (χ1v) is 6.61. The molecule has 0 saturated heterocycles. The van der Waals surface area contributed by atoms with Gasteiger partial charge in [0.25, 0.3) is 0 Å². The van der Waals surface area contributed by atoms with Crippen LogP contribution in [0.15, 0.2) is 23.2 Å². The van der Waals surface area contributed by atoms with Gasteiger partial charge in [-0.15, -0.1) is 0 Å². The summed E-state index contributed by atoms with van der Waals surface area (Å²) in [5.74, 6) is 0.480. The molecule has 0 amide bonds. The minimum Gasteiger partial charge on any atom is -0.494 e. The van der Waals surface area contributed by atoms with Crippen molar-refractivity contribution in [3.05, 3.63) is 29.6 Å². The Kier molecular flexibility index (Phi) is 5.02. The summed E-state index contributed by atoms with van der Waals surface area (Å²) < 4.78 is 18.3. The number of hydrogen-bond donors (Lipinski definition) is 1. The fraction of sp³-hybridized carbons (Fsp3) is 0.462. The lowest BCUT2D eigenvalue weighted by Gasteiger charge is -2.13. The van der Waals surface area contributed by atoms with Crippen LogP contribution in [-0.4, -0.2) is 17.8 Å². The van der Waals surface area contributed by atoms with Crippen LogP contribution in [0.25, 0.3) is 0 Å². The van der Waals surface area contributed by atoms with Crippen LogP contribution in [0.5, 0.6) is 5.75 Å². The zero-order chi connectivity index (χ0) is 13.8. The number of nitrogens with zero attached hydrogens (tertiary/aromatic N) is 1. The Morgan fingerprint density at radius 2 is 2.11 bits per heavy atom. The Morgan fingerprint density at radius 3 is 2.61 bits per heavy atom. The number of methoxy groups -OCH3 is 1. The minimum absolute atomic E-state index is 0.192. The Bertz CT molecular complexity index is 441. The highest BCUT2D eigenvalue weighted by atomic mass is 32.2. The normalized spacial score (nSPS) is 12.6. The fourth-order valence-electron chi connectivity index (χ4n) is 1.32. The fourth-order valence-corrected chi connectivity index (χ4v) is 2.15. The zero-order valence-electron chi connectivity index (χ0n) is 11.2. The van der Waals surface area contributed by atoms with Crippen LogP contribution in [0.3, 0.4) is 0 Å². The maximum absolute atomic E-state index is 13.5. The van der Waals surface area contributed by atoms with Gasteiger partial charge in [-0.3, -0.25) is 4.99 Å². The Hall–Kier alpha value is -1.23. The molecule has 0 bridgehead atoms. The number of aliphatic imine (C=N–C) groups is 1. The first-order chi connectivity index (χ1) is 8.31. The van der Waals surface area contributed by atoms with E-state index in [-0.39, 0.29) is 17.1 Å². The monoisotopic (exact) mass is 270 g/mol. The summed E-state index contributed by atoms with van der Waals surface area (Å²) in [6, 6.07) is 4.89. The van der Waals surface area contributed by atoms with Gasteiger partial charge in [0, 0.05) is 5.75 Å². The number of ether oxygens (including phenoxy) is 1. The minimum atomic E-state index is -0.359. The van der Waals surface area contributed by atoms with Crippen LogP contribution >= 0.6 is 11.8 Å². The second-order valence-electron chi connectivity index (χ2n) is 4.88. The molecule has 0 saturated carbocycles. The lowest BCUT2D eigenvalue weighted by atomic mass is 10.1.